The Labute approximate surface area is 132 Å². The van der Waals surface area contributed by atoms with E-state index in [-0.39, 0.29) is 6.10 Å². The predicted molar refractivity (Wildman–Crippen MR) is 85.4 cm³/mol. The Morgan fingerprint density at radius 1 is 1.14 bits per heavy atom. The van der Waals surface area contributed by atoms with E-state index in [4.69, 9.17) is 21.1 Å². The molecule has 2 fully saturated rings. The van der Waals surface area contributed by atoms with Crippen LogP contribution in [-0.4, -0.2) is 19.3 Å². The van der Waals surface area contributed by atoms with Crippen molar-refractivity contribution in [1.29, 1.82) is 0 Å². The molecule has 2 saturated carbocycles. The van der Waals surface area contributed by atoms with Gasteiger partial charge in [0.1, 0.15) is 0 Å². The minimum absolute atomic E-state index is 0.278. The average Bonchev–Trinajstić information content (AvgIpc) is 3.32. The van der Waals surface area contributed by atoms with Gasteiger partial charge in [0.25, 0.3) is 0 Å². The molecule has 21 heavy (non-hydrogen) atoms. The van der Waals surface area contributed by atoms with Crippen LogP contribution in [0.1, 0.15) is 50.5 Å². The molecule has 0 radical (unpaired) electrons. The molecule has 0 aromatic heterocycles. The first-order valence-electron chi connectivity index (χ1n) is 8.02. The van der Waals surface area contributed by atoms with E-state index in [0.29, 0.717) is 16.8 Å². The van der Waals surface area contributed by atoms with Crippen molar-refractivity contribution in [2.45, 2.75) is 63.6 Å². The molecule has 0 aliphatic heterocycles. The summed E-state index contributed by atoms with van der Waals surface area (Å²) >= 11 is 6.43. The molecule has 0 bridgehead atoms. The lowest BCUT2D eigenvalue weighted by Gasteiger charge is -2.25. The van der Waals surface area contributed by atoms with Crippen molar-refractivity contribution in [2.24, 2.45) is 0 Å². The van der Waals surface area contributed by atoms with E-state index in [2.05, 4.69) is 5.32 Å². The number of benzene rings is 1. The first kappa shape index (κ1) is 15.0. The zero-order chi connectivity index (χ0) is 14.7. The third kappa shape index (κ3) is 4.04. The molecule has 3 nitrogen and oxygen atoms in total. The maximum Gasteiger partial charge on any atom is 0.180 e. The zero-order valence-electron chi connectivity index (χ0n) is 12.7. The molecular formula is C17H24ClNO2. The third-order valence-corrected chi connectivity index (χ3v) is 4.58. The van der Waals surface area contributed by atoms with Gasteiger partial charge in [-0.2, -0.15) is 0 Å². The van der Waals surface area contributed by atoms with Gasteiger partial charge in [-0.05, 0) is 56.2 Å². The number of nitrogens with one attached hydrogen (secondary N) is 1. The first-order chi connectivity index (χ1) is 10.3. The SMILES string of the molecule is COc1cc(CNC2CC2)cc(Cl)c1OC1CCCCC1. The highest BCUT2D eigenvalue weighted by Gasteiger charge is 2.22. The average molecular weight is 310 g/mol. The van der Waals surface area contributed by atoms with Crippen molar-refractivity contribution in [3.05, 3.63) is 22.7 Å². The quantitative estimate of drug-likeness (QED) is 0.849. The Hall–Kier alpha value is -0.930. The molecule has 0 spiro atoms. The maximum absolute atomic E-state index is 6.43. The van der Waals surface area contributed by atoms with Crippen LogP contribution in [0.25, 0.3) is 0 Å². The minimum Gasteiger partial charge on any atom is -0.493 e. The van der Waals surface area contributed by atoms with Crippen LogP contribution in [0.15, 0.2) is 12.1 Å². The summed E-state index contributed by atoms with van der Waals surface area (Å²) in [7, 11) is 1.68. The largest absolute Gasteiger partial charge is 0.493 e. The summed E-state index contributed by atoms with van der Waals surface area (Å²) in [4.78, 5) is 0. The molecule has 2 aliphatic carbocycles. The third-order valence-electron chi connectivity index (χ3n) is 4.30. The molecule has 0 heterocycles. The van der Waals surface area contributed by atoms with Crippen LogP contribution in [-0.2, 0) is 6.54 Å². The summed E-state index contributed by atoms with van der Waals surface area (Å²) in [5.74, 6) is 1.46. The van der Waals surface area contributed by atoms with Gasteiger partial charge in [-0.15, -0.1) is 0 Å². The molecule has 4 heteroatoms. The smallest absolute Gasteiger partial charge is 0.180 e. The van der Waals surface area contributed by atoms with Crippen molar-refractivity contribution < 1.29 is 9.47 Å². The van der Waals surface area contributed by atoms with Crippen molar-refractivity contribution in [3.8, 4) is 11.5 Å². The summed E-state index contributed by atoms with van der Waals surface area (Å²) < 4.78 is 11.6. The van der Waals surface area contributed by atoms with Crippen LogP contribution >= 0.6 is 11.6 Å². The van der Waals surface area contributed by atoms with E-state index in [1.807, 2.05) is 12.1 Å². The van der Waals surface area contributed by atoms with E-state index in [0.717, 1.165) is 30.7 Å². The normalized spacial score (nSPS) is 19.5. The lowest BCUT2D eigenvalue weighted by Crippen LogP contribution is -2.20. The maximum atomic E-state index is 6.43. The van der Waals surface area contributed by atoms with Crippen molar-refractivity contribution in [2.75, 3.05) is 7.11 Å². The lowest BCUT2D eigenvalue weighted by atomic mass is 9.98. The summed E-state index contributed by atoms with van der Waals surface area (Å²) in [6, 6.07) is 4.73. The highest BCUT2D eigenvalue weighted by atomic mass is 35.5. The van der Waals surface area contributed by atoms with Gasteiger partial charge in [0, 0.05) is 12.6 Å². The fourth-order valence-electron chi connectivity index (χ4n) is 2.89. The van der Waals surface area contributed by atoms with Crippen LogP contribution < -0.4 is 14.8 Å². The number of hydrogen-bond acceptors (Lipinski definition) is 3. The van der Waals surface area contributed by atoms with Gasteiger partial charge in [0.15, 0.2) is 11.5 Å². The Kier molecular flexibility index (Phi) is 4.91. The standard InChI is InChI=1S/C17H24ClNO2/c1-20-16-10-12(11-19-13-7-8-13)9-15(18)17(16)21-14-5-3-2-4-6-14/h9-10,13-14,19H,2-8,11H2,1H3. The molecule has 1 N–H and O–H groups in total. The second kappa shape index (κ2) is 6.89. The summed E-state index contributed by atoms with van der Waals surface area (Å²) in [6.45, 7) is 0.838. The Morgan fingerprint density at radius 2 is 1.90 bits per heavy atom. The number of methoxy groups -OCH3 is 1. The fraction of sp³-hybridized carbons (Fsp3) is 0.647. The number of hydrogen-bond donors (Lipinski definition) is 1. The Balaban J connectivity index is 1.71. The topological polar surface area (TPSA) is 30.5 Å². The summed E-state index contributed by atoms with van der Waals surface area (Å²) in [5.41, 5.74) is 1.15. The predicted octanol–water partition coefficient (Wildman–Crippen LogP) is 4.31. The molecule has 3 rings (SSSR count). The van der Waals surface area contributed by atoms with Crippen LogP contribution in [0.2, 0.25) is 5.02 Å². The Morgan fingerprint density at radius 3 is 2.57 bits per heavy atom. The fourth-order valence-corrected chi connectivity index (χ4v) is 3.17. The molecule has 0 saturated heterocycles. The second-order valence-electron chi connectivity index (χ2n) is 6.14. The van der Waals surface area contributed by atoms with Gasteiger partial charge >= 0.3 is 0 Å². The van der Waals surface area contributed by atoms with Gasteiger partial charge in [-0.25, -0.2) is 0 Å². The summed E-state index contributed by atoms with van der Waals surface area (Å²) in [6.07, 6.45) is 8.88. The Bertz CT molecular complexity index is 482. The number of halogens is 1. The van der Waals surface area contributed by atoms with Gasteiger partial charge in [0.05, 0.1) is 18.2 Å². The molecule has 0 atom stereocenters. The van der Waals surface area contributed by atoms with E-state index in [9.17, 15) is 0 Å². The van der Waals surface area contributed by atoms with Crippen molar-refractivity contribution in [3.63, 3.8) is 0 Å². The van der Waals surface area contributed by atoms with E-state index in [1.54, 1.807) is 7.11 Å². The molecule has 116 valence electrons. The molecule has 0 unspecified atom stereocenters. The van der Waals surface area contributed by atoms with Crippen LogP contribution in [0.5, 0.6) is 11.5 Å². The van der Waals surface area contributed by atoms with E-state index in [1.165, 1.54) is 32.1 Å². The van der Waals surface area contributed by atoms with Crippen LogP contribution in [0.4, 0.5) is 0 Å². The minimum atomic E-state index is 0.278. The van der Waals surface area contributed by atoms with E-state index < -0.39 is 0 Å². The lowest BCUT2D eigenvalue weighted by molar-refractivity contribution is 0.149. The molecule has 0 amide bonds. The number of rotatable bonds is 6. The monoisotopic (exact) mass is 309 g/mol. The van der Waals surface area contributed by atoms with E-state index >= 15 is 0 Å². The molecular weight excluding hydrogens is 286 g/mol. The zero-order valence-corrected chi connectivity index (χ0v) is 13.4. The van der Waals surface area contributed by atoms with Gasteiger partial charge in [-0.1, -0.05) is 18.0 Å². The molecule has 2 aliphatic rings. The number of ether oxygens (including phenoxy) is 2. The van der Waals surface area contributed by atoms with Gasteiger partial charge in [-0.3, -0.25) is 0 Å². The van der Waals surface area contributed by atoms with Crippen LogP contribution in [0, 0.1) is 0 Å². The highest BCUT2D eigenvalue weighted by Crippen LogP contribution is 2.38. The summed E-state index contributed by atoms with van der Waals surface area (Å²) in [5, 5.41) is 4.16. The van der Waals surface area contributed by atoms with Crippen molar-refractivity contribution >= 4 is 11.6 Å². The second-order valence-corrected chi connectivity index (χ2v) is 6.55. The van der Waals surface area contributed by atoms with Gasteiger partial charge < -0.3 is 14.8 Å². The molecule has 1 aromatic carbocycles. The first-order valence-corrected chi connectivity index (χ1v) is 8.40. The molecule has 1 aromatic rings. The van der Waals surface area contributed by atoms with Crippen LogP contribution in [0.3, 0.4) is 0 Å². The highest BCUT2D eigenvalue weighted by molar-refractivity contribution is 6.32. The van der Waals surface area contributed by atoms with Gasteiger partial charge in [0.2, 0.25) is 0 Å². The van der Waals surface area contributed by atoms with Crippen molar-refractivity contribution in [1.82, 2.24) is 5.32 Å².